The highest BCUT2D eigenvalue weighted by molar-refractivity contribution is 6.30. The molecule has 2 aromatic rings. The Kier molecular flexibility index (Phi) is 4.57. The Hall–Kier alpha value is -1.65. The number of methoxy groups -OCH3 is 1. The molecule has 0 aliphatic carbocycles. The smallest absolute Gasteiger partial charge is 0.126 e. The normalized spacial score (nSPS) is 12.2. The van der Waals surface area contributed by atoms with E-state index in [0.29, 0.717) is 16.3 Å². The van der Waals surface area contributed by atoms with Crippen molar-refractivity contribution in [2.24, 2.45) is 0 Å². The molecule has 0 aromatic heterocycles. The van der Waals surface area contributed by atoms with Gasteiger partial charge in [0, 0.05) is 17.5 Å². The van der Waals surface area contributed by atoms with E-state index in [2.05, 4.69) is 0 Å². The number of aliphatic hydroxyl groups is 1. The van der Waals surface area contributed by atoms with Gasteiger partial charge in [-0.1, -0.05) is 11.6 Å². The van der Waals surface area contributed by atoms with Gasteiger partial charge in [0.25, 0.3) is 0 Å². The zero-order valence-electron chi connectivity index (χ0n) is 10.7. The van der Waals surface area contributed by atoms with E-state index in [4.69, 9.17) is 16.3 Å². The van der Waals surface area contributed by atoms with E-state index >= 15 is 0 Å². The van der Waals surface area contributed by atoms with Crippen LogP contribution in [0.15, 0.2) is 36.4 Å². The summed E-state index contributed by atoms with van der Waals surface area (Å²) in [5, 5.41) is 10.6. The van der Waals surface area contributed by atoms with Gasteiger partial charge in [-0.3, -0.25) is 0 Å². The summed E-state index contributed by atoms with van der Waals surface area (Å²) in [6.45, 7) is 0. The van der Waals surface area contributed by atoms with Gasteiger partial charge in [-0.25, -0.2) is 8.78 Å². The van der Waals surface area contributed by atoms with E-state index in [1.165, 1.54) is 7.11 Å². The maximum Gasteiger partial charge on any atom is 0.126 e. The van der Waals surface area contributed by atoms with Crippen molar-refractivity contribution in [1.29, 1.82) is 0 Å². The van der Waals surface area contributed by atoms with Crippen molar-refractivity contribution in [2.45, 2.75) is 12.5 Å². The van der Waals surface area contributed by atoms with Gasteiger partial charge < -0.3 is 9.84 Å². The third kappa shape index (κ3) is 3.46. The van der Waals surface area contributed by atoms with Crippen LogP contribution in [0.3, 0.4) is 0 Å². The second-order valence-electron chi connectivity index (χ2n) is 4.38. The third-order valence-electron chi connectivity index (χ3n) is 2.93. The Morgan fingerprint density at radius 3 is 2.40 bits per heavy atom. The average Bonchev–Trinajstić information content (AvgIpc) is 2.37. The second-order valence-corrected chi connectivity index (χ2v) is 4.82. The first kappa shape index (κ1) is 14.8. The van der Waals surface area contributed by atoms with E-state index in [9.17, 15) is 13.9 Å². The molecule has 0 spiro atoms. The zero-order valence-corrected chi connectivity index (χ0v) is 11.5. The molecule has 0 saturated carbocycles. The molecule has 20 heavy (non-hydrogen) atoms. The Morgan fingerprint density at radius 1 is 1.15 bits per heavy atom. The van der Waals surface area contributed by atoms with Gasteiger partial charge in [0.2, 0.25) is 0 Å². The van der Waals surface area contributed by atoms with Crippen LogP contribution in [-0.4, -0.2) is 12.2 Å². The number of hydrogen-bond donors (Lipinski definition) is 1. The molecule has 0 heterocycles. The van der Waals surface area contributed by atoms with Gasteiger partial charge in [-0.05, 0) is 41.5 Å². The zero-order chi connectivity index (χ0) is 14.7. The molecule has 0 amide bonds. The fourth-order valence-corrected chi connectivity index (χ4v) is 2.20. The lowest BCUT2D eigenvalue weighted by Crippen LogP contribution is -2.04. The lowest BCUT2D eigenvalue weighted by atomic mass is 10.0. The van der Waals surface area contributed by atoms with Crippen molar-refractivity contribution in [1.82, 2.24) is 0 Å². The van der Waals surface area contributed by atoms with Gasteiger partial charge in [0.15, 0.2) is 0 Å². The molecule has 106 valence electrons. The summed E-state index contributed by atoms with van der Waals surface area (Å²) in [6.07, 6.45) is -0.903. The van der Waals surface area contributed by atoms with Crippen LogP contribution in [-0.2, 0) is 6.42 Å². The molecule has 0 aliphatic rings. The van der Waals surface area contributed by atoms with E-state index in [1.54, 1.807) is 18.2 Å². The topological polar surface area (TPSA) is 29.5 Å². The van der Waals surface area contributed by atoms with Gasteiger partial charge in [-0.2, -0.15) is 0 Å². The highest BCUT2D eigenvalue weighted by Crippen LogP contribution is 2.28. The number of ether oxygens (including phenoxy) is 1. The van der Waals surface area contributed by atoms with Crippen LogP contribution in [0.25, 0.3) is 0 Å². The molecular formula is C15H13ClF2O2. The quantitative estimate of drug-likeness (QED) is 0.927. The number of hydrogen-bond acceptors (Lipinski definition) is 2. The first-order chi connectivity index (χ1) is 9.49. The first-order valence-corrected chi connectivity index (χ1v) is 6.34. The maximum absolute atomic E-state index is 13.1. The number of halogens is 3. The highest BCUT2D eigenvalue weighted by atomic mass is 35.5. The Morgan fingerprint density at radius 2 is 1.80 bits per heavy atom. The third-order valence-corrected chi connectivity index (χ3v) is 3.16. The SMILES string of the molecule is COc1ccc(Cl)cc1CC(O)c1cc(F)cc(F)c1. The van der Waals surface area contributed by atoms with Crippen LogP contribution >= 0.6 is 11.6 Å². The highest BCUT2D eigenvalue weighted by Gasteiger charge is 2.14. The standard InChI is InChI=1S/C15H13ClF2O2/c1-20-15-3-2-11(16)4-10(15)7-14(19)9-5-12(17)8-13(18)6-9/h2-6,8,14,19H,7H2,1H3. The lowest BCUT2D eigenvalue weighted by molar-refractivity contribution is 0.176. The van der Waals surface area contributed by atoms with Crippen molar-refractivity contribution >= 4 is 11.6 Å². The molecule has 0 bridgehead atoms. The molecule has 2 aromatic carbocycles. The predicted molar refractivity (Wildman–Crippen MR) is 73.0 cm³/mol. The van der Waals surface area contributed by atoms with Crippen molar-refractivity contribution < 1.29 is 18.6 Å². The number of rotatable bonds is 4. The van der Waals surface area contributed by atoms with Crippen molar-refractivity contribution in [3.8, 4) is 5.75 Å². The largest absolute Gasteiger partial charge is 0.496 e. The molecule has 0 saturated heterocycles. The van der Waals surface area contributed by atoms with Crippen molar-refractivity contribution in [3.63, 3.8) is 0 Å². The summed E-state index contributed by atoms with van der Waals surface area (Å²) in [5.74, 6) is -0.889. The van der Waals surface area contributed by atoms with Crippen LogP contribution in [0.5, 0.6) is 5.75 Å². The molecular weight excluding hydrogens is 286 g/mol. The molecule has 0 fully saturated rings. The van der Waals surface area contributed by atoms with E-state index in [1.807, 2.05) is 0 Å². The Balaban J connectivity index is 2.27. The van der Waals surface area contributed by atoms with Gasteiger partial charge >= 0.3 is 0 Å². The summed E-state index contributed by atoms with van der Waals surface area (Å²) in [6, 6.07) is 7.96. The van der Waals surface area contributed by atoms with Crippen molar-refractivity contribution in [2.75, 3.05) is 7.11 Å². The summed E-state index contributed by atoms with van der Waals surface area (Å²) in [4.78, 5) is 0. The monoisotopic (exact) mass is 298 g/mol. The van der Waals surface area contributed by atoms with Crippen LogP contribution in [0.4, 0.5) is 8.78 Å². The molecule has 1 atom stereocenters. The molecule has 5 heteroatoms. The van der Waals surface area contributed by atoms with Gasteiger partial charge in [-0.15, -0.1) is 0 Å². The van der Waals surface area contributed by atoms with E-state index < -0.39 is 17.7 Å². The summed E-state index contributed by atoms with van der Waals surface area (Å²) >= 11 is 5.90. The Labute approximate surface area is 120 Å². The minimum absolute atomic E-state index is 0.145. The van der Waals surface area contributed by atoms with E-state index in [-0.39, 0.29) is 12.0 Å². The summed E-state index contributed by atoms with van der Waals surface area (Å²) in [5.41, 5.74) is 0.835. The molecule has 2 rings (SSSR count). The molecule has 0 aliphatic heterocycles. The number of benzene rings is 2. The predicted octanol–water partition coefficient (Wildman–Crippen LogP) is 3.90. The van der Waals surface area contributed by atoms with E-state index in [0.717, 1.165) is 18.2 Å². The van der Waals surface area contributed by atoms with Crippen molar-refractivity contribution in [3.05, 3.63) is 64.2 Å². The minimum atomic E-state index is -1.05. The molecule has 0 radical (unpaired) electrons. The molecule has 1 unspecified atom stereocenters. The van der Waals surface area contributed by atoms with Crippen LogP contribution in [0.2, 0.25) is 5.02 Å². The van der Waals surface area contributed by atoms with Crippen LogP contribution in [0.1, 0.15) is 17.2 Å². The fraction of sp³-hybridized carbons (Fsp3) is 0.200. The lowest BCUT2D eigenvalue weighted by Gasteiger charge is -2.14. The first-order valence-electron chi connectivity index (χ1n) is 5.96. The fourth-order valence-electron chi connectivity index (χ4n) is 2.00. The second kappa shape index (κ2) is 6.20. The summed E-state index contributed by atoms with van der Waals surface area (Å²) < 4.78 is 31.4. The van der Waals surface area contributed by atoms with Gasteiger partial charge in [0.05, 0.1) is 13.2 Å². The molecule has 2 nitrogen and oxygen atoms in total. The van der Waals surface area contributed by atoms with Gasteiger partial charge in [0.1, 0.15) is 17.4 Å². The minimum Gasteiger partial charge on any atom is -0.496 e. The molecule has 1 N–H and O–H groups in total. The summed E-state index contributed by atoms with van der Waals surface area (Å²) in [7, 11) is 1.50. The number of aliphatic hydroxyl groups excluding tert-OH is 1. The Bertz CT molecular complexity index is 597. The maximum atomic E-state index is 13.1. The van der Waals surface area contributed by atoms with Crippen LogP contribution in [0, 0.1) is 11.6 Å². The van der Waals surface area contributed by atoms with Crippen LogP contribution < -0.4 is 4.74 Å². The average molecular weight is 299 g/mol.